The van der Waals surface area contributed by atoms with Crippen LogP contribution in [-0.2, 0) is 0 Å². The SMILES string of the molecule is Cc1cc(OC(=O)N2CCCCC2)cc(C)c1[N+](=O)[O-]. The molecule has 0 aliphatic carbocycles. The van der Waals surface area contributed by atoms with E-state index in [2.05, 4.69) is 0 Å². The molecule has 6 nitrogen and oxygen atoms in total. The first-order chi connectivity index (χ1) is 9.49. The fraction of sp³-hybridized carbons (Fsp3) is 0.500. The summed E-state index contributed by atoms with van der Waals surface area (Å²) in [7, 11) is 0. The van der Waals surface area contributed by atoms with Gasteiger partial charge in [-0.3, -0.25) is 10.1 Å². The number of hydrogen-bond donors (Lipinski definition) is 0. The molecule has 1 heterocycles. The van der Waals surface area contributed by atoms with Crippen LogP contribution in [0.2, 0.25) is 0 Å². The van der Waals surface area contributed by atoms with E-state index >= 15 is 0 Å². The number of ether oxygens (including phenoxy) is 1. The van der Waals surface area contributed by atoms with Crippen molar-refractivity contribution >= 4 is 11.8 Å². The van der Waals surface area contributed by atoms with Gasteiger partial charge in [-0.15, -0.1) is 0 Å². The van der Waals surface area contributed by atoms with Crippen molar-refractivity contribution in [1.29, 1.82) is 0 Å². The minimum absolute atomic E-state index is 0.0720. The Bertz CT molecular complexity index is 513. The third kappa shape index (κ3) is 3.07. The number of nitro benzene ring substituents is 1. The zero-order valence-corrected chi connectivity index (χ0v) is 11.7. The summed E-state index contributed by atoms with van der Waals surface area (Å²) in [5.41, 5.74) is 1.07. The van der Waals surface area contributed by atoms with E-state index in [9.17, 15) is 14.9 Å². The van der Waals surface area contributed by atoms with Crippen molar-refractivity contribution in [1.82, 2.24) is 4.90 Å². The Morgan fingerprint density at radius 1 is 1.20 bits per heavy atom. The van der Waals surface area contributed by atoms with Gasteiger partial charge >= 0.3 is 6.09 Å². The lowest BCUT2D eigenvalue weighted by Crippen LogP contribution is -2.37. The number of piperidine rings is 1. The summed E-state index contributed by atoms with van der Waals surface area (Å²) in [5.74, 6) is 0.362. The first-order valence-electron chi connectivity index (χ1n) is 6.71. The summed E-state index contributed by atoms with van der Waals surface area (Å²) < 4.78 is 5.31. The molecule has 1 aromatic carbocycles. The second kappa shape index (κ2) is 5.90. The number of nitrogens with zero attached hydrogens (tertiary/aromatic N) is 2. The van der Waals surface area contributed by atoms with Crippen LogP contribution in [0.25, 0.3) is 0 Å². The van der Waals surface area contributed by atoms with E-state index < -0.39 is 4.92 Å². The molecular weight excluding hydrogens is 260 g/mol. The van der Waals surface area contributed by atoms with Crippen molar-refractivity contribution in [2.45, 2.75) is 33.1 Å². The average Bonchev–Trinajstić information content (AvgIpc) is 2.38. The van der Waals surface area contributed by atoms with Gasteiger partial charge in [0.2, 0.25) is 0 Å². The Balaban J connectivity index is 2.13. The molecule has 6 heteroatoms. The normalized spacial score (nSPS) is 15.0. The molecule has 1 aliphatic rings. The standard InChI is InChI=1S/C14H18N2O4/c1-10-8-12(9-11(2)13(10)16(18)19)20-14(17)15-6-4-3-5-7-15/h8-9H,3-7H2,1-2H3. The number of aryl methyl sites for hydroxylation is 2. The van der Waals surface area contributed by atoms with Crippen molar-refractivity contribution in [2.75, 3.05) is 13.1 Å². The highest BCUT2D eigenvalue weighted by Crippen LogP contribution is 2.28. The summed E-state index contributed by atoms with van der Waals surface area (Å²) in [4.78, 5) is 24.2. The smallest absolute Gasteiger partial charge is 0.410 e. The van der Waals surface area contributed by atoms with Crippen molar-refractivity contribution in [3.63, 3.8) is 0 Å². The Morgan fingerprint density at radius 2 is 1.75 bits per heavy atom. The summed E-state index contributed by atoms with van der Waals surface area (Å²) >= 11 is 0. The van der Waals surface area contributed by atoms with E-state index in [0.29, 0.717) is 30.0 Å². The predicted octanol–water partition coefficient (Wildman–Crippen LogP) is 3.20. The van der Waals surface area contributed by atoms with Gasteiger partial charge in [-0.05, 0) is 45.2 Å². The molecule has 0 radical (unpaired) electrons. The largest absolute Gasteiger partial charge is 0.415 e. The molecule has 1 saturated heterocycles. The number of likely N-dealkylation sites (tertiary alicyclic amines) is 1. The second-order valence-electron chi connectivity index (χ2n) is 5.08. The van der Waals surface area contributed by atoms with Crippen LogP contribution in [0.3, 0.4) is 0 Å². The molecule has 0 spiro atoms. The minimum atomic E-state index is -0.416. The summed E-state index contributed by atoms with van der Waals surface area (Å²) in [6.07, 6.45) is 2.75. The predicted molar refractivity (Wildman–Crippen MR) is 74.0 cm³/mol. The Hall–Kier alpha value is -2.11. The molecular formula is C14H18N2O4. The molecule has 1 aliphatic heterocycles. The van der Waals surface area contributed by atoms with Crippen molar-refractivity contribution < 1.29 is 14.5 Å². The maximum Gasteiger partial charge on any atom is 0.415 e. The summed E-state index contributed by atoms with van der Waals surface area (Å²) in [5, 5.41) is 10.9. The number of carbonyl (C=O) groups is 1. The Kier molecular flexibility index (Phi) is 4.22. The van der Waals surface area contributed by atoms with Gasteiger partial charge in [0.05, 0.1) is 4.92 Å². The van der Waals surface area contributed by atoms with Crippen molar-refractivity contribution in [2.24, 2.45) is 0 Å². The zero-order chi connectivity index (χ0) is 14.7. The number of nitro groups is 1. The highest BCUT2D eigenvalue weighted by Gasteiger charge is 2.21. The maximum atomic E-state index is 12.0. The van der Waals surface area contributed by atoms with E-state index in [4.69, 9.17) is 4.74 Å². The first-order valence-corrected chi connectivity index (χ1v) is 6.71. The van der Waals surface area contributed by atoms with Crippen LogP contribution in [0.5, 0.6) is 5.75 Å². The topological polar surface area (TPSA) is 72.7 Å². The molecule has 0 saturated carbocycles. The minimum Gasteiger partial charge on any atom is -0.410 e. The van der Waals surface area contributed by atoms with Gasteiger partial charge in [-0.2, -0.15) is 0 Å². The number of carbonyl (C=O) groups excluding carboxylic acids is 1. The van der Waals surface area contributed by atoms with E-state index in [-0.39, 0.29) is 11.8 Å². The van der Waals surface area contributed by atoms with Crippen LogP contribution in [0.1, 0.15) is 30.4 Å². The third-order valence-corrected chi connectivity index (χ3v) is 3.47. The molecule has 1 amide bonds. The van der Waals surface area contributed by atoms with Crippen LogP contribution in [0, 0.1) is 24.0 Å². The van der Waals surface area contributed by atoms with Crippen LogP contribution in [0.4, 0.5) is 10.5 Å². The molecule has 0 atom stereocenters. The molecule has 108 valence electrons. The van der Waals surface area contributed by atoms with Crippen LogP contribution in [0.15, 0.2) is 12.1 Å². The second-order valence-corrected chi connectivity index (χ2v) is 5.08. The van der Waals surface area contributed by atoms with Crippen LogP contribution < -0.4 is 4.74 Å². The lowest BCUT2D eigenvalue weighted by molar-refractivity contribution is -0.386. The van der Waals surface area contributed by atoms with Crippen molar-refractivity contribution in [3.8, 4) is 5.75 Å². The number of rotatable bonds is 2. The van der Waals surface area contributed by atoms with E-state index in [1.165, 1.54) is 12.1 Å². The van der Waals surface area contributed by atoms with E-state index in [1.807, 2.05) is 0 Å². The van der Waals surface area contributed by atoms with Gasteiger partial charge in [0, 0.05) is 24.2 Å². The molecule has 1 aromatic rings. The Labute approximate surface area is 117 Å². The molecule has 20 heavy (non-hydrogen) atoms. The highest BCUT2D eigenvalue weighted by molar-refractivity contribution is 5.71. The van der Waals surface area contributed by atoms with Crippen LogP contribution in [-0.4, -0.2) is 29.0 Å². The summed E-state index contributed by atoms with van der Waals surface area (Å²) in [6, 6.07) is 3.07. The van der Waals surface area contributed by atoms with Crippen LogP contribution >= 0.6 is 0 Å². The molecule has 0 N–H and O–H groups in total. The molecule has 0 bridgehead atoms. The lowest BCUT2D eigenvalue weighted by atomic mass is 10.1. The quantitative estimate of drug-likeness (QED) is 0.615. The van der Waals surface area contributed by atoms with Gasteiger partial charge in [0.15, 0.2) is 0 Å². The Morgan fingerprint density at radius 3 is 2.25 bits per heavy atom. The van der Waals surface area contributed by atoms with E-state index in [0.717, 1.165) is 19.3 Å². The molecule has 0 unspecified atom stereocenters. The fourth-order valence-electron chi connectivity index (χ4n) is 2.50. The zero-order valence-electron chi connectivity index (χ0n) is 11.7. The average molecular weight is 278 g/mol. The van der Waals surface area contributed by atoms with Gasteiger partial charge < -0.3 is 9.64 Å². The van der Waals surface area contributed by atoms with Gasteiger partial charge in [-0.1, -0.05) is 0 Å². The van der Waals surface area contributed by atoms with Crippen molar-refractivity contribution in [3.05, 3.63) is 33.4 Å². The molecule has 1 fully saturated rings. The van der Waals surface area contributed by atoms with E-state index in [1.54, 1.807) is 18.7 Å². The molecule has 2 rings (SSSR count). The van der Waals surface area contributed by atoms with Gasteiger partial charge in [0.1, 0.15) is 5.75 Å². The third-order valence-electron chi connectivity index (χ3n) is 3.47. The number of benzene rings is 1. The van der Waals surface area contributed by atoms with Gasteiger partial charge in [0.25, 0.3) is 5.69 Å². The monoisotopic (exact) mass is 278 g/mol. The lowest BCUT2D eigenvalue weighted by Gasteiger charge is -2.25. The maximum absolute atomic E-state index is 12.0. The van der Waals surface area contributed by atoms with Gasteiger partial charge in [-0.25, -0.2) is 4.79 Å². The summed E-state index contributed by atoms with van der Waals surface area (Å²) in [6.45, 7) is 4.71. The molecule has 0 aromatic heterocycles. The fourth-order valence-corrected chi connectivity index (χ4v) is 2.50. The number of amides is 1. The first kappa shape index (κ1) is 14.3. The number of hydrogen-bond acceptors (Lipinski definition) is 4. The highest BCUT2D eigenvalue weighted by atomic mass is 16.6.